The van der Waals surface area contributed by atoms with Gasteiger partial charge in [-0.25, -0.2) is 17.1 Å². The van der Waals surface area contributed by atoms with Gasteiger partial charge in [-0.2, -0.15) is 11.8 Å². The highest BCUT2D eigenvalue weighted by atomic mass is 32.2. The van der Waals surface area contributed by atoms with E-state index < -0.39 is 10.0 Å². The van der Waals surface area contributed by atoms with Gasteiger partial charge in [0.25, 0.3) is 0 Å². The van der Waals surface area contributed by atoms with E-state index in [2.05, 4.69) is 15.6 Å². The molecule has 1 aromatic rings. The van der Waals surface area contributed by atoms with E-state index >= 15 is 0 Å². The van der Waals surface area contributed by atoms with Crippen molar-refractivity contribution in [3.05, 3.63) is 35.1 Å². The Kier molecular flexibility index (Phi) is 9.97. The number of aliphatic imine (C=N–C) groups is 1. The van der Waals surface area contributed by atoms with Gasteiger partial charge in [0.2, 0.25) is 10.0 Å². The summed E-state index contributed by atoms with van der Waals surface area (Å²) in [5.41, 5.74) is 1.92. The van der Waals surface area contributed by atoms with Crippen LogP contribution in [0.2, 0.25) is 0 Å². The third kappa shape index (κ3) is 7.13. The number of rotatable bonds is 10. The summed E-state index contributed by atoms with van der Waals surface area (Å²) in [5.74, 6) is 0.994. The van der Waals surface area contributed by atoms with E-state index in [1.165, 1.54) is 10.4 Å². The van der Waals surface area contributed by atoms with Crippen LogP contribution in [0.4, 0.5) is 4.39 Å². The van der Waals surface area contributed by atoms with Gasteiger partial charge >= 0.3 is 0 Å². The molecule has 6 nitrogen and oxygen atoms in total. The highest BCUT2D eigenvalue weighted by Gasteiger charge is 2.18. The molecule has 0 aliphatic rings. The van der Waals surface area contributed by atoms with E-state index in [1.54, 1.807) is 30.9 Å². The van der Waals surface area contributed by atoms with Crippen LogP contribution in [-0.2, 0) is 22.3 Å². The summed E-state index contributed by atoms with van der Waals surface area (Å²) in [5, 5.41) is 6.16. The molecule has 9 heteroatoms. The monoisotopic (exact) mass is 404 g/mol. The van der Waals surface area contributed by atoms with Crippen LogP contribution in [0, 0.1) is 5.82 Å². The third-order valence-electron chi connectivity index (χ3n) is 3.89. The van der Waals surface area contributed by atoms with Gasteiger partial charge in [-0.1, -0.05) is 19.9 Å². The van der Waals surface area contributed by atoms with Crippen LogP contribution in [-0.4, -0.2) is 57.4 Å². The minimum atomic E-state index is -3.27. The fourth-order valence-corrected chi connectivity index (χ4v) is 4.49. The lowest BCUT2D eigenvalue weighted by Crippen LogP contribution is -2.42. The van der Waals surface area contributed by atoms with E-state index in [-0.39, 0.29) is 18.1 Å². The van der Waals surface area contributed by atoms with Crippen LogP contribution in [0.1, 0.15) is 25.0 Å². The summed E-state index contributed by atoms with van der Waals surface area (Å²) in [7, 11) is -1.64. The van der Waals surface area contributed by atoms with E-state index in [1.807, 2.05) is 20.1 Å². The van der Waals surface area contributed by atoms with Crippen molar-refractivity contribution in [2.24, 2.45) is 4.99 Å². The highest BCUT2D eigenvalue weighted by molar-refractivity contribution is 7.97. The number of hydrogen-bond acceptors (Lipinski definition) is 4. The molecule has 0 atom stereocenters. The number of nitrogens with zero attached hydrogens (tertiary/aromatic N) is 2. The Hall–Kier alpha value is -1.32. The normalized spacial score (nSPS) is 12.5. The first kappa shape index (κ1) is 22.7. The fourth-order valence-electron chi connectivity index (χ4n) is 2.50. The molecule has 0 aliphatic carbocycles. The molecular weight excluding hydrogens is 375 g/mol. The second kappa shape index (κ2) is 11.4. The smallest absolute Gasteiger partial charge is 0.215 e. The molecule has 0 bridgehead atoms. The van der Waals surface area contributed by atoms with E-state index in [0.29, 0.717) is 25.6 Å². The zero-order valence-electron chi connectivity index (χ0n) is 15.9. The lowest BCUT2D eigenvalue weighted by molar-refractivity contribution is 0.445. The molecule has 0 saturated heterocycles. The topological polar surface area (TPSA) is 73.8 Å². The predicted octanol–water partition coefficient (Wildman–Crippen LogP) is 2.03. The molecule has 148 valence electrons. The maximum Gasteiger partial charge on any atom is 0.215 e. The van der Waals surface area contributed by atoms with E-state index in [4.69, 9.17) is 0 Å². The van der Waals surface area contributed by atoms with Gasteiger partial charge in [0, 0.05) is 39.0 Å². The van der Waals surface area contributed by atoms with Crippen LogP contribution in [0.15, 0.2) is 23.2 Å². The van der Waals surface area contributed by atoms with Crippen molar-refractivity contribution in [3.8, 4) is 0 Å². The van der Waals surface area contributed by atoms with Crippen LogP contribution in [0.5, 0.6) is 0 Å². The Morgan fingerprint density at radius 1 is 1.23 bits per heavy atom. The molecule has 2 N–H and O–H groups in total. The molecule has 0 heterocycles. The van der Waals surface area contributed by atoms with Gasteiger partial charge in [-0.15, -0.1) is 0 Å². The van der Waals surface area contributed by atoms with Gasteiger partial charge in [0.1, 0.15) is 5.82 Å². The first-order chi connectivity index (χ1) is 12.4. The molecule has 0 amide bonds. The zero-order chi connectivity index (χ0) is 19.6. The average Bonchev–Trinajstić information content (AvgIpc) is 2.60. The number of guanidine groups is 1. The first-order valence-electron chi connectivity index (χ1n) is 8.56. The summed E-state index contributed by atoms with van der Waals surface area (Å²) >= 11 is 1.63. The largest absolute Gasteiger partial charge is 0.355 e. The Morgan fingerprint density at radius 3 is 2.50 bits per heavy atom. The second-order valence-electron chi connectivity index (χ2n) is 5.60. The molecule has 0 spiro atoms. The van der Waals surface area contributed by atoms with Crippen LogP contribution < -0.4 is 10.6 Å². The molecule has 0 radical (unpaired) electrons. The van der Waals surface area contributed by atoms with E-state index in [9.17, 15) is 12.8 Å². The summed E-state index contributed by atoms with van der Waals surface area (Å²) in [6.07, 6.45) is 1.97. The molecule has 0 unspecified atom stereocenters. The number of halogens is 1. The van der Waals surface area contributed by atoms with Gasteiger partial charge in [0.05, 0.1) is 5.75 Å². The summed E-state index contributed by atoms with van der Waals surface area (Å²) in [6, 6.07) is 4.74. The number of sulfonamides is 1. The number of hydrogen-bond donors (Lipinski definition) is 2. The lowest BCUT2D eigenvalue weighted by atomic mass is 10.1. The zero-order valence-corrected chi connectivity index (χ0v) is 17.5. The summed E-state index contributed by atoms with van der Waals surface area (Å²) in [6.45, 7) is 5.33. The van der Waals surface area contributed by atoms with Crippen molar-refractivity contribution in [2.75, 3.05) is 38.7 Å². The van der Waals surface area contributed by atoms with Crippen molar-refractivity contribution >= 4 is 27.7 Å². The van der Waals surface area contributed by atoms with Gasteiger partial charge < -0.3 is 10.6 Å². The lowest BCUT2D eigenvalue weighted by Gasteiger charge is -2.19. The first-order valence-corrected chi connectivity index (χ1v) is 11.6. The SMILES string of the molecule is CCN(CC)S(=O)(=O)CCNC(=NC)NCc1ccc(F)cc1CSC. The Balaban J connectivity index is 2.59. The van der Waals surface area contributed by atoms with Crippen molar-refractivity contribution in [3.63, 3.8) is 0 Å². The molecule has 0 fully saturated rings. The van der Waals surface area contributed by atoms with Crippen molar-refractivity contribution in [1.29, 1.82) is 0 Å². The van der Waals surface area contributed by atoms with Crippen LogP contribution >= 0.6 is 11.8 Å². The molecule has 0 aliphatic heterocycles. The Morgan fingerprint density at radius 2 is 1.92 bits per heavy atom. The number of thioether (sulfide) groups is 1. The van der Waals surface area contributed by atoms with Gasteiger partial charge in [-0.05, 0) is 29.5 Å². The molecule has 0 saturated carbocycles. The molecule has 1 aromatic carbocycles. The standard InChI is InChI=1S/C17H29FN4O2S2/c1-5-22(6-2)26(23,24)10-9-20-17(19-3)21-12-14-7-8-16(18)11-15(14)13-25-4/h7-8,11H,5-6,9-10,12-13H2,1-4H3,(H2,19,20,21). The maximum absolute atomic E-state index is 13.4. The predicted molar refractivity (Wildman–Crippen MR) is 109 cm³/mol. The number of nitrogens with one attached hydrogen (secondary N) is 2. The molecular formula is C17H29FN4O2S2. The minimum Gasteiger partial charge on any atom is -0.355 e. The molecule has 0 aromatic heterocycles. The summed E-state index contributed by atoms with van der Waals surface area (Å²) < 4.78 is 39.2. The van der Waals surface area contributed by atoms with Crippen LogP contribution in [0.3, 0.4) is 0 Å². The Labute approximate surface area is 160 Å². The number of benzene rings is 1. The quantitative estimate of drug-likeness (QED) is 0.461. The minimum absolute atomic E-state index is 0.00362. The Bertz CT molecular complexity index is 692. The van der Waals surface area contributed by atoms with Gasteiger partial charge in [-0.3, -0.25) is 4.99 Å². The van der Waals surface area contributed by atoms with Crippen LogP contribution in [0.25, 0.3) is 0 Å². The fraction of sp³-hybridized carbons (Fsp3) is 0.588. The van der Waals surface area contributed by atoms with Crippen molar-refractivity contribution < 1.29 is 12.8 Å². The highest BCUT2D eigenvalue weighted by Crippen LogP contribution is 2.16. The van der Waals surface area contributed by atoms with Crippen molar-refractivity contribution in [1.82, 2.24) is 14.9 Å². The second-order valence-corrected chi connectivity index (χ2v) is 8.55. The van der Waals surface area contributed by atoms with E-state index in [0.717, 1.165) is 16.9 Å². The summed E-state index contributed by atoms with van der Waals surface area (Å²) in [4.78, 5) is 4.11. The molecule has 26 heavy (non-hydrogen) atoms. The third-order valence-corrected chi connectivity index (χ3v) is 6.51. The maximum atomic E-state index is 13.4. The molecule has 1 rings (SSSR count). The van der Waals surface area contributed by atoms with Gasteiger partial charge in [0.15, 0.2) is 5.96 Å². The average molecular weight is 405 g/mol. The van der Waals surface area contributed by atoms with Crippen molar-refractivity contribution in [2.45, 2.75) is 26.1 Å².